The molecule has 0 aliphatic rings. The molecule has 2 aromatic carbocycles. The van der Waals surface area contributed by atoms with Crippen molar-refractivity contribution in [2.45, 2.75) is 37.8 Å². The molecular formula is C20H22Cl2N2O5S. The number of halogens is 2. The summed E-state index contributed by atoms with van der Waals surface area (Å²) < 4.78 is 31.6. The van der Waals surface area contributed by atoms with Crippen LogP contribution in [-0.2, 0) is 19.6 Å². The van der Waals surface area contributed by atoms with E-state index < -0.39 is 28.0 Å². The Labute approximate surface area is 186 Å². The molecule has 1 unspecified atom stereocenters. The maximum atomic E-state index is 12.6. The van der Waals surface area contributed by atoms with Crippen LogP contribution >= 0.6 is 23.2 Å². The molecule has 162 valence electrons. The van der Waals surface area contributed by atoms with Crippen LogP contribution in [0.3, 0.4) is 0 Å². The van der Waals surface area contributed by atoms with E-state index in [2.05, 4.69) is 5.32 Å². The van der Waals surface area contributed by atoms with E-state index in [0.717, 1.165) is 0 Å². The molecule has 10 heteroatoms. The van der Waals surface area contributed by atoms with Crippen molar-refractivity contribution >= 4 is 50.8 Å². The van der Waals surface area contributed by atoms with Crippen LogP contribution in [-0.4, -0.2) is 43.8 Å². The summed E-state index contributed by atoms with van der Waals surface area (Å²) in [7, 11) is -2.31. The summed E-state index contributed by atoms with van der Waals surface area (Å²) in [6, 6.07) is 9.73. The second-order valence-corrected chi connectivity index (χ2v) is 9.71. The minimum absolute atomic E-state index is 0.0127. The Morgan fingerprint density at radius 2 is 1.63 bits per heavy atom. The number of sulfonamides is 1. The van der Waals surface area contributed by atoms with Crippen LogP contribution in [0.1, 0.15) is 31.1 Å². The van der Waals surface area contributed by atoms with Gasteiger partial charge in [-0.25, -0.2) is 13.2 Å². The molecule has 1 amide bonds. The van der Waals surface area contributed by atoms with Crippen LogP contribution in [0, 0.1) is 0 Å². The third kappa shape index (κ3) is 5.95. The summed E-state index contributed by atoms with van der Waals surface area (Å²) in [5.74, 6) is -1.42. The van der Waals surface area contributed by atoms with Gasteiger partial charge in [0.25, 0.3) is 5.91 Å². The molecule has 0 bridgehead atoms. The van der Waals surface area contributed by atoms with Gasteiger partial charge in [0.2, 0.25) is 10.0 Å². The van der Waals surface area contributed by atoms with Gasteiger partial charge < -0.3 is 10.1 Å². The molecule has 2 aromatic rings. The van der Waals surface area contributed by atoms with Gasteiger partial charge in [0, 0.05) is 28.8 Å². The first kappa shape index (κ1) is 24.1. The second-order valence-electron chi connectivity index (χ2n) is 6.84. The van der Waals surface area contributed by atoms with E-state index in [4.69, 9.17) is 27.9 Å². The highest BCUT2D eigenvalue weighted by atomic mass is 35.5. The second kappa shape index (κ2) is 9.78. The van der Waals surface area contributed by atoms with Gasteiger partial charge in [-0.15, -0.1) is 0 Å². The summed E-state index contributed by atoms with van der Waals surface area (Å²) in [5, 5.41) is 3.23. The first-order valence-corrected chi connectivity index (χ1v) is 11.2. The molecule has 0 aromatic heterocycles. The van der Waals surface area contributed by atoms with Crippen molar-refractivity contribution in [1.82, 2.24) is 4.31 Å². The molecule has 0 heterocycles. The van der Waals surface area contributed by atoms with E-state index in [9.17, 15) is 18.0 Å². The fraction of sp³-hybridized carbons (Fsp3) is 0.300. The van der Waals surface area contributed by atoms with E-state index in [0.29, 0.717) is 15.7 Å². The lowest BCUT2D eigenvalue weighted by atomic mass is 10.2. The van der Waals surface area contributed by atoms with Gasteiger partial charge in [0.15, 0.2) is 6.10 Å². The Hall–Kier alpha value is -2.13. The van der Waals surface area contributed by atoms with Crippen molar-refractivity contribution in [3.63, 3.8) is 0 Å². The molecule has 30 heavy (non-hydrogen) atoms. The first-order valence-electron chi connectivity index (χ1n) is 8.98. The number of ether oxygens (including phenoxy) is 1. The van der Waals surface area contributed by atoms with E-state index in [-0.39, 0.29) is 16.5 Å². The maximum Gasteiger partial charge on any atom is 0.338 e. The Morgan fingerprint density at radius 3 is 2.20 bits per heavy atom. The van der Waals surface area contributed by atoms with Crippen molar-refractivity contribution < 1.29 is 22.7 Å². The predicted octanol–water partition coefficient (Wildman–Crippen LogP) is 4.21. The Kier molecular flexibility index (Phi) is 7.87. The van der Waals surface area contributed by atoms with Crippen molar-refractivity contribution in [1.29, 1.82) is 0 Å². The van der Waals surface area contributed by atoms with Crippen LogP contribution in [0.25, 0.3) is 0 Å². The SMILES string of the molecule is CC(OC(=O)c1cccc(S(=O)(=O)N(C)C(C)C)c1)C(=O)Nc1cc(Cl)cc(Cl)c1. The summed E-state index contributed by atoms with van der Waals surface area (Å²) in [5.41, 5.74) is 0.365. The molecule has 7 nitrogen and oxygen atoms in total. The number of anilines is 1. The van der Waals surface area contributed by atoms with Crippen molar-refractivity contribution in [2.24, 2.45) is 0 Å². The van der Waals surface area contributed by atoms with Crippen LogP contribution < -0.4 is 5.32 Å². The van der Waals surface area contributed by atoms with Gasteiger partial charge in [-0.05, 0) is 57.2 Å². The molecule has 0 saturated heterocycles. The topological polar surface area (TPSA) is 92.8 Å². The number of hydrogen-bond acceptors (Lipinski definition) is 5. The summed E-state index contributed by atoms with van der Waals surface area (Å²) in [6.45, 7) is 4.87. The normalized spacial score (nSPS) is 12.7. The van der Waals surface area contributed by atoms with Crippen LogP contribution in [0.5, 0.6) is 0 Å². The smallest absolute Gasteiger partial charge is 0.338 e. The first-order chi connectivity index (χ1) is 13.9. The molecule has 1 atom stereocenters. The molecule has 0 aliphatic heterocycles. The quantitative estimate of drug-likeness (QED) is 0.609. The van der Waals surface area contributed by atoms with E-state index >= 15 is 0 Å². The van der Waals surface area contributed by atoms with Crippen LogP contribution in [0.15, 0.2) is 47.4 Å². The van der Waals surface area contributed by atoms with E-state index in [1.807, 2.05) is 0 Å². The Bertz CT molecular complexity index is 1040. The van der Waals surface area contributed by atoms with Crippen molar-refractivity contribution in [3.05, 3.63) is 58.1 Å². The Morgan fingerprint density at radius 1 is 1.03 bits per heavy atom. The third-order valence-electron chi connectivity index (χ3n) is 4.26. The molecule has 0 radical (unpaired) electrons. The lowest BCUT2D eigenvalue weighted by molar-refractivity contribution is -0.123. The lowest BCUT2D eigenvalue weighted by Gasteiger charge is -2.21. The Balaban J connectivity index is 2.13. The fourth-order valence-corrected chi connectivity index (χ4v) is 4.32. The van der Waals surface area contributed by atoms with Crippen molar-refractivity contribution in [2.75, 3.05) is 12.4 Å². The lowest BCUT2D eigenvalue weighted by Crippen LogP contribution is -2.33. The third-order valence-corrected chi connectivity index (χ3v) is 6.72. The molecule has 0 spiro atoms. The number of carbonyl (C=O) groups excluding carboxylic acids is 2. The van der Waals surface area contributed by atoms with Gasteiger partial charge >= 0.3 is 5.97 Å². The van der Waals surface area contributed by atoms with E-state index in [1.165, 1.54) is 60.7 Å². The highest BCUT2D eigenvalue weighted by Crippen LogP contribution is 2.23. The fourth-order valence-electron chi connectivity index (χ4n) is 2.38. The van der Waals surface area contributed by atoms with Crippen LogP contribution in [0.2, 0.25) is 10.0 Å². The highest BCUT2D eigenvalue weighted by molar-refractivity contribution is 7.89. The average molecular weight is 473 g/mol. The molecular weight excluding hydrogens is 451 g/mol. The zero-order chi connectivity index (χ0) is 22.6. The van der Waals surface area contributed by atoms with Gasteiger partial charge in [-0.1, -0.05) is 29.3 Å². The number of esters is 1. The van der Waals surface area contributed by atoms with Crippen molar-refractivity contribution in [3.8, 4) is 0 Å². The number of rotatable bonds is 7. The molecule has 0 aliphatic carbocycles. The largest absolute Gasteiger partial charge is 0.449 e. The zero-order valence-corrected chi connectivity index (χ0v) is 19.2. The van der Waals surface area contributed by atoms with Gasteiger partial charge in [-0.3, -0.25) is 4.79 Å². The number of hydrogen-bond donors (Lipinski definition) is 1. The minimum Gasteiger partial charge on any atom is -0.449 e. The molecule has 2 rings (SSSR count). The number of nitrogens with zero attached hydrogens (tertiary/aromatic N) is 1. The number of benzene rings is 2. The number of carbonyl (C=O) groups is 2. The minimum atomic E-state index is -3.77. The predicted molar refractivity (Wildman–Crippen MR) is 116 cm³/mol. The molecule has 1 N–H and O–H groups in total. The van der Waals surface area contributed by atoms with Gasteiger partial charge in [0.05, 0.1) is 10.5 Å². The average Bonchev–Trinajstić information content (AvgIpc) is 2.66. The maximum absolute atomic E-state index is 12.6. The zero-order valence-electron chi connectivity index (χ0n) is 16.8. The van der Waals surface area contributed by atoms with Crippen LogP contribution in [0.4, 0.5) is 5.69 Å². The van der Waals surface area contributed by atoms with Gasteiger partial charge in [0.1, 0.15) is 0 Å². The number of nitrogens with one attached hydrogen (secondary N) is 1. The summed E-state index contributed by atoms with van der Waals surface area (Å²) >= 11 is 11.8. The monoisotopic (exact) mass is 472 g/mol. The molecule has 0 fully saturated rings. The summed E-state index contributed by atoms with van der Waals surface area (Å²) in [4.78, 5) is 24.7. The number of amides is 1. The summed E-state index contributed by atoms with van der Waals surface area (Å²) in [6.07, 6.45) is -1.14. The van der Waals surface area contributed by atoms with Gasteiger partial charge in [-0.2, -0.15) is 4.31 Å². The highest BCUT2D eigenvalue weighted by Gasteiger charge is 2.25. The molecule has 0 saturated carbocycles. The standard InChI is InChI=1S/C20H22Cl2N2O5S/c1-12(2)24(4)30(27,28)18-7-5-6-14(8-18)20(26)29-13(3)19(25)23-17-10-15(21)9-16(22)11-17/h5-13H,1-4H3,(H,23,25). The van der Waals surface area contributed by atoms with E-state index in [1.54, 1.807) is 13.8 Å².